The standard InChI is InChI=1S/C87H176/c1-7-13-17-21-25-29-33-37-41-45-49-53-57-61-65-69-77-85(78-70-66-62-58-54-50-46-42-38-34-30-26-22-18-14-8-2)81-73-75-83-87(11-5,12-6)84-76-74-82-86(79-71-67-63-59-55-51-47-43-39-35-31-27-23-19-15-9-3)80-72-68-64-60-56-52-48-44-40-36-32-28-24-20-16-10-4/h85-86H,7-84H2,1-6H3. The Kier molecular flexibility index (Phi) is 76.7. The lowest BCUT2D eigenvalue weighted by atomic mass is 9.73. The third-order valence-electron chi connectivity index (χ3n) is 22.5. The average molecular weight is 1220 g/mol. The molecular formula is C87H176. The molecule has 0 aromatic carbocycles. The maximum atomic E-state index is 2.57. The topological polar surface area (TPSA) is 0 Å². The summed E-state index contributed by atoms with van der Waals surface area (Å²) < 4.78 is 0. The Labute approximate surface area is 556 Å². The van der Waals surface area contributed by atoms with E-state index >= 15 is 0 Å². The molecule has 0 aromatic heterocycles. The molecule has 0 fully saturated rings. The van der Waals surface area contributed by atoms with E-state index in [-0.39, 0.29) is 0 Å². The van der Waals surface area contributed by atoms with Crippen LogP contribution in [0.3, 0.4) is 0 Å². The molecule has 0 N–H and O–H groups in total. The normalized spacial score (nSPS) is 12.1. The highest BCUT2D eigenvalue weighted by Crippen LogP contribution is 2.39. The van der Waals surface area contributed by atoms with Crippen LogP contribution in [0.25, 0.3) is 0 Å². The summed E-state index contributed by atoms with van der Waals surface area (Å²) in [4.78, 5) is 0. The summed E-state index contributed by atoms with van der Waals surface area (Å²) in [6.07, 6.45) is 116. The van der Waals surface area contributed by atoms with Crippen LogP contribution in [0.15, 0.2) is 0 Å². The lowest BCUT2D eigenvalue weighted by Gasteiger charge is -2.32. The first-order chi connectivity index (χ1) is 43.1. The second-order valence-electron chi connectivity index (χ2n) is 30.8. The average Bonchev–Trinajstić information content (AvgIpc) is 3.56. The van der Waals surface area contributed by atoms with Crippen molar-refractivity contribution < 1.29 is 0 Å². The molecule has 0 rings (SSSR count). The zero-order valence-electron chi connectivity index (χ0n) is 62.8. The fraction of sp³-hybridized carbons (Fsp3) is 1.00. The van der Waals surface area contributed by atoms with Gasteiger partial charge in [0.05, 0.1) is 0 Å². The van der Waals surface area contributed by atoms with E-state index < -0.39 is 0 Å². The summed E-state index contributed by atoms with van der Waals surface area (Å²) in [5, 5.41) is 0. The molecule has 0 nitrogen and oxygen atoms in total. The minimum Gasteiger partial charge on any atom is -0.0654 e. The Balaban J connectivity index is 4.93. The molecule has 0 spiro atoms. The Morgan fingerprint density at radius 3 is 0.379 bits per heavy atom. The Bertz CT molecular complexity index is 1000. The van der Waals surface area contributed by atoms with E-state index in [0.717, 1.165) is 11.8 Å². The van der Waals surface area contributed by atoms with Crippen molar-refractivity contribution in [3.05, 3.63) is 0 Å². The van der Waals surface area contributed by atoms with E-state index in [0.29, 0.717) is 5.41 Å². The van der Waals surface area contributed by atoms with Crippen molar-refractivity contribution in [3.8, 4) is 0 Å². The van der Waals surface area contributed by atoms with Gasteiger partial charge >= 0.3 is 0 Å². The molecule has 0 heterocycles. The van der Waals surface area contributed by atoms with Gasteiger partial charge < -0.3 is 0 Å². The molecule has 0 aromatic rings. The first-order valence-corrected chi connectivity index (χ1v) is 43.1. The van der Waals surface area contributed by atoms with Crippen LogP contribution < -0.4 is 0 Å². The fourth-order valence-corrected chi connectivity index (χ4v) is 15.7. The van der Waals surface area contributed by atoms with Crippen LogP contribution in [-0.4, -0.2) is 0 Å². The molecule has 0 aliphatic rings. The number of unbranched alkanes of at least 4 members (excludes halogenated alkanes) is 62. The summed E-state index contributed by atoms with van der Waals surface area (Å²) in [6, 6.07) is 0. The second kappa shape index (κ2) is 76.7. The van der Waals surface area contributed by atoms with Gasteiger partial charge in [0.2, 0.25) is 0 Å². The van der Waals surface area contributed by atoms with Crippen molar-refractivity contribution in [2.45, 2.75) is 542 Å². The van der Waals surface area contributed by atoms with E-state index in [1.54, 1.807) is 0 Å². The van der Waals surface area contributed by atoms with Crippen LogP contribution in [-0.2, 0) is 0 Å². The monoisotopic (exact) mass is 1220 g/mol. The van der Waals surface area contributed by atoms with Gasteiger partial charge in [-0.2, -0.15) is 0 Å². The van der Waals surface area contributed by atoms with E-state index in [1.807, 2.05) is 0 Å². The molecule has 0 amide bonds. The van der Waals surface area contributed by atoms with Crippen LogP contribution in [0.2, 0.25) is 0 Å². The number of hydrogen-bond acceptors (Lipinski definition) is 0. The van der Waals surface area contributed by atoms with E-state index in [9.17, 15) is 0 Å². The SMILES string of the molecule is CCCCCCCCCCCCCCCCCCC(CCCCCCCCCCCCCCCCCC)CCCCC(CC)(CC)CCCCC(CCCCCCCCCCCCCCCCCC)CCCCCCCCCCCCCCCCCC. The summed E-state index contributed by atoms with van der Waals surface area (Å²) in [5.41, 5.74) is 0.606. The van der Waals surface area contributed by atoms with Crippen molar-refractivity contribution >= 4 is 0 Å². The fourth-order valence-electron chi connectivity index (χ4n) is 15.7. The quantitative estimate of drug-likeness (QED) is 0.0533. The first kappa shape index (κ1) is 87.0. The Morgan fingerprint density at radius 2 is 0.253 bits per heavy atom. The van der Waals surface area contributed by atoms with Crippen LogP contribution in [0.1, 0.15) is 542 Å². The van der Waals surface area contributed by atoms with E-state index in [1.165, 1.54) is 501 Å². The van der Waals surface area contributed by atoms with Crippen molar-refractivity contribution in [1.82, 2.24) is 0 Å². The molecule has 0 heteroatoms. The van der Waals surface area contributed by atoms with E-state index in [2.05, 4.69) is 41.5 Å². The predicted molar refractivity (Wildman–Crippen MR) is 404 cm³/mol. The van der Waals surface area contributed by atoms with Gasteiger partial charge in [0.15, 0.2) is 0 Å². The lowest BCUT2D eigenvalue weighted by molar-refractivity contribution is 0.197. The molecule has 0 saturated heterocycles. The zero-order chi connectivity index (χ0) is 62.8. The van der Waals surface area contributed by atoms with Gasteiger partial charge in [0, 0.05) is 0 Å². The molecule has 0 unspecified atom stereocenters. The van der Waals surface area contributed by atoms with Gasteiger partial charge in [-0.15, -0.1) is 0 Å². The molecule has 0 bridgehead atoms. The number of hydrogen-bond donors (Lipinski definition) is 0. The molecule has 0 radical (unpaired) electrons. The van der Waals surface area contributed by atoms with E-state index in [4.69, 9.17) is 0 Å². The predicted octanol–water partition coefficient (Wildman–Crippen LogP) is 33.8. The van der Waals surface area contributed by atoms with Crippen LogP contribution in [0.4, 0.5) is 0 Å². The molecular weight excluding hydrogens is 1040 g/mol. The van der Waals surface area contributed by atoms with Crippen LogP contribution in [0, 0.1) is 17.3 Å². The molecule has 87 heavy (non-hydrogen) atoms. The van der Waals surface area contributed by atoms with Gasteiger partial charge in [-0.1, -0.05) is 530 Å². The van der Waals surface area contributed by atoms with Gasteiger partial charge in [0.1, 0.15) is 0 Å². The van der Waals surface area contributed by atoms with Crippen molar-refractivity contribution in [2.24, 2.45) is 17.3 Å². The van der Waals surface area contributed by atoms with Crippen molar-refractivity contribution in [1.29, 1.82) is 0 Å². The van der Waals surface area contributed by atoms with Gasteiger partial charge in [0.25, 0.3) is 0 Å². The minimum absolute atomic E-state index is 0.606. The highest BCUT2D eigenvalue weighted by Gasteiger charge is 2.25. The summed E-state index contributed by atoms with van der Waals surface area (Å²) >= 11 is 0. The maximum Gasteiger partial charge on any atom is -0.0303 e. The van der Waals surface area contributed by atoms with Crippen molar-refractivity contribution in [3.63, 3.8) is 0 Å². The van der Waals surface area contributed by atoms with Gasteiger partial charge in [-0.05, 0) is 30.1 Å². The Hall–Kier alpha value is 0. The smallest absolute Gasteiger partial charge is 0.0303 e. The lowest BCUT2D eigenvalue weighted by Crippen LogP contribution is -2.19. The summed E-state index contributed by atoms with van der Waals surface area (Å²) in [5.74, 6) is 2.00. The first-order valence-electron chi connectivity index (χ1n) is 43.1. The van der Waals surface area contributed by atoms with Gasteiger partial charge in [-0.3, -0.25) is 0 Å². The third kappa shape index (κ3) is 68.7. The molecule has 0 aliphatic heterocycles. The summed E-state index contributed by atoms with van der Waals surface area (Å²) in [6.45, 7) is 14.5. The van der Waals surface area contributed by atoms with Gasteiger partial charge in [-0.25, -0.2) is 0 Å². The maximum absolute atomic E-state index is 2.57. The zero-order valence-corrected chi connectivity index (χ0v) is 62.8. The second-order valence-corrected chi connectivity index (χ2v) is 30.8. The molecule has 0 saturated carbocycles. The minimum atomic E-state index is 0.606. The van der Waals surface area contributed by atoms with Crippen LogP contribution >= 0.6 is 0 Å². The van der Waals surface area contributed by atoms with Crippen molar-refractivity contribution in [2.75, 3.05) is 0 Å². The third-order valence-corrected chi connectivity index (χ3v) is 22.5. The highest BCUT2D eigenvalue weighted by atomic mass is 14.3. The largest absolute Gasteiger partial charge is 0.0654 e. The number of rotatable bonds is 80. The molecule has 0 atom stereocenters. The van der Waals surface area contributed by atoms with Crippen LogP contribution in [0.5, 0.6) is 0 Å². The molecule has 0 aliphatic carbocycles. The Morgan fingerprint density at radius 1 is 0.138 bits per heavy atom. The summed E-state index contributed by atoms with van der Waals surface area (Å²) in [7, 11) is 0. The highest BCUT2D eigenvalue weighted by molar-refractivity contribution is 4.78. The molecule has 524 valence electrons.